The lowest BCUT2D eigenvalue weighted by molar-refractivity contribution is -0.120. The van der Waals surface area contributed by atoms with E-state index in [1.165, 1.54) is 21.8 Å². The number of benzene rings is 1. The van der Waals surface area contributed by atoms with Crippen LogP contribution in [-0.4, -0.2) is 15.3 Å². The van der Waals surface area contributed by atoms with Crippen LogP contribution in [0.3, 0.4) is 0 Å². The molecule has 7 heteroatoms. The number of amides is 1. The first kappa shape index (κ1) is 19.1. The molecule has 3 rings (SSSR count). The summed E-state index contributed by atoms with van der Waals surface area (Å²) >= 11 is 1.46. The van der Waals surface area contributed by atoms with Crippen molar-refractivity contribution in [1.29, 1.82) is 0 Å². The Labute approximate surface area is 161 Å². The Morgan fingerprint density at radius 2 is 2.04 bits per heavy atom. The molecule has 0 fully saturated rings. The molecule has 0 saturated heterocycles. The van der Waals surface area contributed by atoms with Crippen LogP contribution in [0.25, 0.3) is 4.96 Å². The van der Waals surface area contributed by atoms with E-state index in [0.29, 0.717) is 22.1 Å². The summed E-state index contributed by atoms with van der Waals surface area (Å²) in [4.78, 5) is 30.7. The maximum absolute atomic E-state index is 12.4. The van der Waals surface area contributed by atoms with Crippen LogP contribution < -0.4 is 15.6 Å². The molecule has 27 heavy (non-hydrogen) atoms. The standard InChI is InChI=1S/C20H23N3O3S/c1-4-14(5-2)19(25)22-16-8-6-7-9-17(16)26-12-15-10-18(24)23-11-13(3)27-20(23)21-15/h6-11,14H,4-5,12H2,1-3H3,(H,22,25). The van der Waals surface area contributed by atoms with E-state index in [4.69, 9.17) is 4.74 Å². The SMILES string of the molecule is CCC(CC)C(=O)Nc1ccccc1OCc1cc(=O)n2cc(C)sc2n1. The van der Waals surface area contributed by atoms with Crippen LogP contribution in [-0.2, 0) is 11.4 Å². The third-order valence-electron chi connectivity index (χ3n) is 4.41. The number of aryl methyl sites for hydroxylation is 1. The van der Waals surface area contributed by atoms with Gasteiger partial charge in [0.1, 0.15) is 12.4 Å². The highest BCUT2D eigenvalue weighted by molar-refractivity contribution is 7.16. The van der Waals surface area contributed by atoms with Gasteiger partial charge in [0.05, 0.1) is 11.4 Å². The lowest BCUT2D eigenvalue weighted by atomic mass is 10.0. The van der Waals surface area contributed by atoms with Crippen LogP contribution in [0.1, 0.15) is 37.3 Å². The van der Waals surface area contributed by atoms with E-state index in [9.17, 15) is 9.59 Å². The molecular formula is C20H23N3O3S. The Hall–Kier alpha value is -2.67. The van der Waals surface area contributed by atoms with E-state index < -0.39 is 0 Å². The summed E-state index contributed by atoms with van der Waals surface area (Å²) in [6.45, 7) is 6.10. The zero-order valence-electron chi connectivity index (χ0n) is 15.7. The maximum atomic E-state index is 12.4. The van der Waals surface area contributed by atoms with E-state index in [0.717, 1.165) is 17.7 Å². The van der Waals surface area contributed by atoms with Crippen LogP contribution >= 0.6 is 11.3 Å². The molecule has 0 aliphatic rings. The van der Waals surface area contributed by atoms with Crippen LogP contribution in [0.5, 0.6) is 5.75 Å². The summed E-state index contributed by atoms with van der Waals surface area (Å²) < 4.78 is 7.40. The van der Waals surface area contributed by atoms with Crippen molar-refractivity contribution in [2.45, 2.75) is 40.2 Å². The maximum Gasteiger partial charge on any atom is 0.258 e. The average molecular weight is 385 g/mol. The van der Waals surface area contributed by atoms with Crippen LogP contribution in [0, 0.1) is 12.8 Å². The first-order chi connectivity index (χ1) is 13.0. The van der Waals surface area contributed by atoms with Crippen molar-refractivity contribution in [1.82, 2.24) is 9.38 Å². The summed E-state index contributed by atoms with van der Waals surface area (Å²) in [7, 11) is 0. The van der Waals surface area contributed by atoms with E-state index in [1.807, 2.05) is 39.0 Å². The number of thiazole rings is 1. The molecule has 0 saturated carbocycles. The number of aromatic nitrogens is 2. The molecular weight excluding hydrogens is 362 g/mol. The highest BCUT2D eigenvalue weighted by Crippen LogP contribution is 2.26. The number of para-hydroxylation sites is 2. The minimum Gasteiger partial charge on any atom is -0.485 e. The van der Waals surface area contributed by atoms with Gasteiger partial charge < -0.3 is 10.1 Å². The van der Waals surface area contributed by atoms with Gasteiger partial charge in [0.25, 0.3) is 5.56 Å². The summed E-state index contributed by atoms with van der Waals surface area (Å²) in [5.74, 6) is 0.522. The molecule has 1 aromatic carbocycles. The van der Waals surface area contributed by atoms with Crippen LogP contribution in [0.4, 0.5) is 5.69 Å². The third-order valence-corrected chi connectivity index (χ3v) is 5.31. The molecule has 1 N–H and O–H groups in total. The van der Waals surface area contributed by atoms with Gasteiger partial charge in [0.2, 0.25) is 5.91 Å². The number of carbonyl (C=O) groups excluding carboxylic acids is 1. The van der Waals surface area contributed by atoms with Gasteiger partial charge in [0.15, 0.2) is 4.96 Å². The Bertz CT molecular complexity index is 1010. The van der Waals surface area contributed by atoms with Gasteiger partial charge in [-0.1, -0.05) is 26.0 Å². The molecule has 0 aliphatic heterocycles. The van der Waals surface area contributed by atoms with Crippen molar-refractivity contribution < 1.29 is 9.53 Å². The van der Waals surface area contributed by atoms with Crippen molar-refractivity contribution in [2.24, 2.45) is 5.92 Å². The van der Waals surface area contributed by atoms with Gasteiger partial charge in [0, 0.05) is 23.1 Å². The smallest absolute Gasteiger partial charge is 0.258 e. The second-order valence-electron chi connectivity index (χ2n) is 6.37. The lowest BCUT2D eigenvalue weighted by Gasteiger charge is -2.16. The molecule has 0 unspecified atom stereocenters. The number of carbonyl (C=O) groups is 1. The number of fused-ring (bicyclic) bond motifs is 1. The minimum atomic E-state index is -0.127. The monoisotopic (exact) mass is 385 g/mol. The third kappa shape index (κ3) is 4.36. The Kier molecular flexibility index (Phi) is 5.91. The Morgan fingerprint density at radius 1 is 1.30 bits per heavy atom. The largest absolute Gasteiger partial charge is 0.485 e. The van der Waals surface area contributed by atoms with Crippen molar-refractivity contribution in [3.05, 3.63) is 57.5 Å². The number of ether oxygens (including phenoxy) is 1. The number of anilines is 1. The number of nitrogens with zero attached hydrogens (tertiary/aromatic N) is 2. The molecule has 2 heterocycles. The predicted octanol–water partition coefficient (Wildman–Crippen LogP) is 4.02. The highest BCUT2D eigenvalue weighted by Gasteiger charge is 2.16. The van der Waals surface area contributed by atoms with E-state index in [2.05, 4.69) is 10.3 Å². The van der Waals surface area contributed by atoms with Gasteiger partial charge in [-0.25, -0.2) is 4.98 Å². The molecule has 1 amide bonds. The summed E-state index contributed by atoms with van der Waals surface area (Å²) in [5.41, 5.74) is 1.06. The minimum absolute atomic E-state index is 0.0112. The number of rotatable bonds is 7. The molecule has 2 aromatic heterocycles. The molecule has 0 spiro atoms. The first-order valence-electron chi connectivity index (χ1n) is 9.03. The number of hydrogen-bond donors (Lipinski definition) is 1. The summed E-state index contributed by atoms with van der Waals surface area (Å²) in [6.07, 6.45) is 3.36. The van der Waals surface area contributed by atoms with E-state index in [-0.39, 0.29) is 24.0 Å². The van der Waals surface area contributed by atoms with E-state index in [1.54, 1.807) is 12.3 Å². The molecule has 0 bridgehead atoms. The topological polar surface area (TPSA) is 72.7 Å². The zero-order chi connectivity index (χ0) is 19.4. The fourth-order valence-corrected chi connectivity index (χ4v) is 3.72. The summed E-state index contributed by atoms with van der Waals surface area (Å²) in [6, 6.07) is 8.77. The van der Waals surface area contributed by atoms with Gasteiger partial charge in [-0.15, -0.1) is 11.3 Å². The molecule has 0 atom stereocenters. The number of nitrogens with one attached hydrogen (secondary N) is 1. The zero-order valence-corrected chi connectivity index (χ0v) is 16.5. The lowest BCUT2D eigenvalue weighted by Crippen LogP contribution is -2.22. The summed E-state index contributed by atoms with van der Waals surface area (Å²) in [5, 5.41) is 2.94. The van der Waals surface area contributed by atoms with Gasteiger partial charge >= 0.3 is 0 Å². The second-order valence-corrected chi connectivity index (χ2v) is 7.58. The van der Waals surface area contributed by atoms with Crippen molar-refractivity contribution in [2.75, 3.05) is 5.32 Å². The van der Waals surface area contributed by atoms with Crippen molar-refractivity contribution >= 4 is 27.9 Å². The molecule has 0 aliphatic carbocycles. The molecule has 0 radical (unpaired) electrons. The fourth-order valence-electron chi connectivity index (χ4n) is 2.87. The second kappa shape index (κ2) is 8.35. The molecule has 3 aromatic rings. The number of hydrogen-bond acceptors (Lipinski definition) is 5. The normalized spacial score (nSPS) is 11.1. The molecule has 6 nitrogen and oxygen atoms in total. The van der Waals surface area contributed by atoms with Gasteiger partial charge in [-0.3, -0.25) is 14.0 Å². The quantitative estimate of drug-likeness (QED) is 0.667. The van der Waals surface area contributed by atoms with Crippen molar-refractivity contribution in [3.63, 3.8) is 0 Å². The fraction of sp³-hybridized carbons (Fsp3) is 0.350. The average Bonchev–Trinajstić information content (AvgIpc) is 3.03. The highest BCUT2D eigenvalue weighted by atomic mass is 32.1. The van der Waals surface area contributed by atoms with Gasteiger partial charge in [-0.2, -0.15) is 0 Å². The van der Waals surface area contributed by atoms with Crippen LogP contribution in [0.2, 0.25) is 0 Å². The Balaban J connectivity index is 1.77. The first-order valence-corrected chi connectivity index (χ1v) is 9.84. The van der Waals surface area contributed by atoms with Crippen LogP contribution in [0.15, 0.2) is 41.3 Å². The predicted molar refractivity (Wildman–Crippen MR) is 108 cm³/mol. The van der Waals surface area contributed by atoms with Crippen molar-refractivity contribution in [3.8, 4) is 5.75 Å². The molecule has 142 valence electrons. The van der Waals surface area contributed by atoms with E-state index >= 15 is 0 Å². The Morgan fingerprint density at radius 3 is 2.78 bits per heavy atom. The van der Waals surface area contributed by atoms with Gasteiger partial charge in [-0.05, 0) is 31.9 Å².